The number of nitrogens with two attached hydrogens (primary N) is 1. The number of hydrogen-bond acceptors (Lipinski definition) is 4. The number of carbonyl (C=O) groups is 2. The van der Waals surface area contributed by atoms with Crippen LogP contribution in [-0.4, -0.2) is 61.7 Å². The first-order valence-electron chi connectivity index (χ1n) is 9.09. The third-order valence-corrected chi connectivity index (χ3v) is 4.57. The molecular weight excluding hydrogens is 334 g/mol. The van der Waals surface area contributed by atoms with Gasteiger partial charge in [0.25, 0.3) is 0 Å². The van der Waals surface area contributed by atoms with Crippen molar-refractivity contribution in [2.75, 3.05) is 40.0 Å². The van der Waals surface area contributed by atoms with E-state index in [1.165, 1.54) is 0 Å². The van der Waals surface area contributed by atoms with Crippen molar-refractivity contribution in [2.45, 2.75) is 26.3 Å². The van der Waals surface area contributed by atoms with Gasteiger partial charge in [0.1, 0.15) is 5.75 Å². The average molecular weight is 363 g/mol. The van der Waals surface area contributed by atoms with Crippen molar-refractivity contribution in [3.63, 3.8) is 0 Å². The minimum Gasteiger partial charge on any atom is -0.494 e. The summed E-state index contributed by atoms with van der Waals surface area (Å²) in [6.45, 7) is 5.05. The first-order chi connectivity index (χ1) is 12.5. The van der Waals surface area contributed by atoms with E-state index >= 15 is 0 Å². The Morgan fingerprint density at radius 2 is 2.04 bits per heavy atom. The first kappa shape index (κ1) is 20.0. The zero-order chi connectivity index (χ0) is 18.9. The Morgan fingerprint density at radius 3 is 2.65 bits per heavy atom. The summed E-state index contributed by atoms with van der Waals surface area (Å²) >= 11 is 0. The van der Waals surface area contributed by atoms with Crippen LogP contribution >= 0.6 is 0 Å². The van der Waals surface area contributed by atoms with Crippen molar-refractivity contribution in [1.82, 2.24) is 9.80 Å². The second-order valence-corrected chi connectivity index (χ2v) is 6.45. The molecule has 2 rings (SSSR count). The number of primary amides is 1. The van der Waals surface area contributed by atoms with E-state index in [2.05, 4.69) is 0 Å². The first-order valence-corrected chi connectivity index (χ1v) is 9.09. The van der Waals surface area contributed by atoms with Crippen LogP contribution in [0.3, 0.4) is 0 Å². The molecule has 144 valence electrons. The van der Waals surface area contributed by atoms with Crippen LogP contribution in [0.1, 0.15) is 25.3 Å². The second kappa shape index (κ2) is 10.0. The van der Waals surface area contributed by atoms with Crippen molar-refractivity contribution < 1.29 is 19.1 Å². The van der Waals surface area contributed by atoms with E-state index in [-0.39, 0.29) is 11.8 Å². The van der Waals surface area contributed by atoms with Gasteiger partial charge in [-0.25, -0.2) is 4.79 Å². The van der Waals surface area contributed by atoms with E-state index < -0.39 is 6.03 Å². The van der Waals surface area contributed by atoms with E-state index in [0.29, 0.717) is 39.4 Å². The Hall–Kier alpha value is -2.28. The normalized spacial score (nSPS) is 17.0. The van der Waals surface area contributed by atoms with Gasteiger partial charge in [0.2, 0.25) is 5.91 Å². The molecule has 0 saturated carbocycles. The number of carbonyl (C=O) groups excluding carboxylic acids is 2. The Balaban J connectivity index is 2.05. The molecule has 0 unspecified atom stereocenters. The molecule has 2 N–H and O–H groups in total. The van der Waals surface area contributed by atoms with Crippen LogP contribution in [0.2, 0.25) is 0 Å². The molecule has 0 spiro atoms. The molecule has 0 bridgehead atoms. The molecule has 0 radical (unpaired) electrons. The summed E-state index contributed by atoms with van der Waals surface area (Å²) in [5.74, 6) is 0.646. The summed E-state index contributed by atoms with van der Waals surface area (Å²) in [6.07, 6.45) is 1.57. The number of rotatable bonds is 8. The maximum Gasteiger partial charge on any atom is 0.314 e. The van der Waals surface area contributed by atoms with E-state index in [4.69, 9.17) is 15.2 Å². The number of benzene rings is 1. The average Bonchev–Trinajstić information content (AvgIpc) is 2.66. The Morgan fingerprint density at radius 1 is 1.31 bits per heavy atom. The summed E-state index contributed by atoms with van der Waals surface area (Å²) in [5, 5.41) is 0. The van der Waals surface area contributed by atoms with Crippen LogP contribution in [-0.2, 0) is 16.1 Å². The number of piperidine rings is 1. The lowest BCUT2D eigenvalue weighted by atomic mass is 9.96. The second-order valence-electron chi connectivity index (χ2n) is 6.45. The van der Waals surface area contributed by atoms with Crippen molar-refractivity contribution in [3.8, 4) is 5.75 Å². The van der Waals surface area contributed by atoms with Gasteiger partial charge in [-0.05, 0) is 37.5 Å². The molecule has 1 fully saturated rings. The molecular formula is C19H29N3O4. The fourth-order valence-electron chi connectivity index (χ4n) is 3.18. The highest BCUT2D eigenvalue weighted by Crippen LogP contribution is 2.21. The molecule has 1 aliphatic rings. The topological polar surface area (TPSA) is 85.1 Å². The molecule has 1 heterocycles. The van der Waals surface area contributed by atoms with E-state index in [1.54, 1.807) is 16.9 Å². The number of ether oxygens (including phenoxy) is 2. The van der Waals surface area contributed by atoms with Gasteiger partial charge in [-0.3, -0.25) is 4.79 Å². The van der Waals surface area contributed by atoms with Crippen LogP contribution < -0.4 is 10.5 Å². The molecule has 1 atom stereocenters. The Labute approximate surface area is 155 Å². The highest BCUT2D eigenvalue weighted by Gasteiger charge is 2.30. The molecule has 26 heavy (non-hydrogen) atoms. The van der Waals surface area contributed by atoms with Gasteiger partial charge in [0, 0.05) is 33.3 Å². The number of urea groups is 1. The molecule has 7 heteroatoms. The standard InChI is InChI=1S/C19H29N3O4/c1-3-26-17-8-6-15(7-9-17)13-21(11-12-25-2)18(23)16-5-4-10-22(14-16)19(20)24/h6-9,16H,3-5,10-14H2,1-2H3,(H2,20,24)/t16-/m0/s1. The number of methoxy groups -OCH3 is 1. The smallest absolute Gasteiger partial charge is 0.314 e. The number of likely N-dealkylation sites (tertiary alicyclic amines) is 1. The van der Waals surface area contributed by atoms with Gasteiger partial charge in [-0.2, -0.15) is 0 Å². The molecule has 0 aliphatic carbocycles. The van der Waals surface area contributed by atoms with Crippen molar-refractivity contribution >= 4 is 11.9 Å². The lowest BCUT2D eigenvalue weighted by Crippen LogP contribution is -2.48. The Kier molecular flexibility index (Phi) is 7.72. The molecule has 7 nitrogen and oxygen atoms in total. The number of nitrogens with zero attached hydrogens (tertiary/aromatic N) is 2. The van der Waals surface area contributed by atoms with Crippen LogP contribution in [0.5, 0.6) is 5.75 Å². The molecule has 1 saturated heterocycles. The van der Waals surface area contributed by atoms with Gasteiger partial charge in [0.05, 0.1) is 19.1 Å². The third-order valence-electron chi connectivity index (χ3n) is 4.57. The van der Waals surface area contributed by atoms with Gasteiger partial charge in [-0.1, -0.05) is 12.1 Å². The van der Waals surface area contributed by atoms with Crippen molar-refractivity contribution in [3.05, 3.63) is 29.8 Å². The van der Waals surface area contributed by atoms with E-state index in [0.717, 1.165) is 24.2 Å². The minimum absolute atomic E-state index is 0.0434. The van der Waals surface area contributed by atoms with Crippen LogP contribution in [0.15, 0.2) is 24.3 Å². The zero-order valence-corrected chi connectivity index (χ0v) is 15.6. The fourth-order valence-corrected chi connectivity index (χ4v) is 3.18. The highest BCUT2D eigenvalue weighted by molar-refractivity contribution is 5.80. The van der Waals surface area contributed by atoms with Crippen LogP contribution in [0.25, 0.3) is 0 Å². The van der Waals surface area contributed by atoms with E-state index in [1.807, 2.05) is 31.2 Å². The highest BCUT2D eigenvalue weighted by atomic mass is 16.5. The van der Waals surface area contributed by atoms with Crippen LogP contribution in [0, 0.1) is 5.92 Å². The third kappa shape index (κ3) is 5.62. The lowest BCUT2D eigenvalue weighted by molar-refractivity contribution is -0.138. The molecule has 1 aliphatic heterocycles. The quantitative estimate of drug-likeness (QED) is 0.764. The molecule has 1 aromatic rings. The maximum absolute atomic E-state index is 13.0. The molecule has 3 amide bonds. The molecule has 1 aromatic carbocycles. The predicted molar refractivity (Wildman–Crippen MR) is 98.8 cm³/mol. The maximum atomic E-state index is 13.0. The van der Waals surface area contributed by atoms with Gasteiger partial charge >= 0.3 is 6.03 Å². The minimum atomic E-state index is -0.461. The summed E-state index contributed by atoms with van der Waals surface area (Å²) in [7, 11) is 1.62. The summed E-state index contributed by atoms with van der Waals surface area (Å²) in [5.41, 5.74) is 6.41. The largest absolute Gasteiger partial charge is 0.494 e. The fraction of sp³-hybridized carbons (Fsp3) is 0.579. The van der Waals surface area contributed by atoms with E-state index in [9.17, 15) is 9.59 Å². The lowest BCUT2D eigenvalue weighted by Gasteiger charge is -2.34. The number of amides is 3. The predicted octanol–water partition coefficient (Wildman–Crippen LogP) is 1.85. The van der Waals surface area contributed by atoms with Gasteiger partial charge in [0.15, 0.2) is 0 Å². The van der Waals surface area contributed by atoms with Crippen molar-refractivity contribution in [2.24, 2.45) is 11.7 Å². The summed E-state index contributed by atoms with van der Waals surface area (Å²) in [4.78, 5) is 27.8. The summed E-state index contributed by atoms with van der Waals surface area (Å²) < 4.78 is 10.6. The number of hydrogen-bond donors (Lipinski definition) is 1. The molecule has 0 aromatic heterocycles. The van der Waals surface area contributed by atoms with Gasteiger partial charge in [-0.15, -0.1) is 0 Å². The monoisotopic (exact) mass is 363 g/mol. The zero-order valence-electron chi connectivity index (χ0n) is 15.6. The van der Waals surface area contributed by atoms with Crippen molar-refractivity contribution in [1.29, 1.82) is 0 Å². The van der Waals surface area contributed by atoms with Crippen LogP contribution in [0.4, 0.5) is 4.79 Å². The summed E-state index contributed by atoms with van der Waals surface area (Å²) in [6, 6.07) is 7.29. The SMILES string of the molecule is CCOc1ccc(CN(CCOC)C(=O)[C@H]2CCCN(C(N)=O)C2)cc1. The Bertz CT molecular complexity index is 591. The van der Waals surface area contributed by atoms with Gasteiger partial charge < -0.3 is 25.0 Å².